The molecule has 0 saturated carbocycles. The molecule has 0 atom stereocenters. The van der Waals surface area contributed by atoms with Gasteiger partial charge in [0.25, 0.3) is 0 Å². The number of carbonyl (C=O) groups is 1. The Morgan fingerprint density at radius 2 is 1.87 bits per heavy atom. The Kier molecular flexibility index (Phi) is 4.69. The van der Waals surface area contributed by atoms with E-state index in [0.717, 1.165) is 5.56 Å². The third-order valence-electron chi connectivity index (χ3n) is 3.11. The summed E-state index contributed by atoms with van der Waals surface area (Å²) in [5.74, 6) is 1.04. The van der Waals surface area contributed by atoms with Gasteiger partial charge in [0, 0.05) is 18.2 Å². The predicted molar refractivity (Wildman–Crippen MR) is 84.9 cm³/mol. The topological polar surface area (TPSA) is 146 Å². The van der Waals surface area contributed by atoms with E-state index in [1.165, 1.54) is 14.2 Å². The third-order valence-corrected chi connectivity index (χ3v) is 3.11. The van der Waals surface area contributed by atoms with Crippen LogP contribution in [0.1, 0.15) is 11.1 Å². The number of nitrogens with two attached hydrogens (primary N) is 2. The van der Waals surface area contributed by atoms with E-state index in [1.54, 1.807) is 18.3 Å². The van der Waals surface area contributed by atoms with E-state index in [9.17, 15) is 4.79 Å². The van der Waals surface area contributed by atoms with E-state index in [0.29, 0.717) is 23.5 Å². The second kappa shape index (κ2) is 6.69. The molecule has 0 fully saturated rings. The minimum absolute atomic E-state index is 0.0995. The summed E-state index contributed by atoms with van der Waals surface area (Å²) >= 11 is 0. The maximum absolute atomic E-state index is 10.9. The zero-order valence-corrected chi connectivity index (χ0v) is 12.7. The molecule has 0 radical (unpaired) electrons. The summed E-state index contributed by atoms with van der Waals surface area (Å²) in [6, 6.07) is 3.37. The van der Waals surface area contributed by atoms with Crippen LogP contribution in [0.2, 0.25) is 0 Å². The van der Waals surface area contributed by atoms with Crippen LogP contribution in [0.4, 0.5) is 22.2 Å². The fraction of sp³-hybridized carbons (Fsp3) is 0.214. The average molecular weight is 319 g/mol. The first-order valence-electron chi connectivity index (χ1n) is 6.56. The van der Waals surface area contributed by atoms with Crippen LogP contribution >= 0.6 is 0 Å². The number of hydrogen-bond donors (Lipinski definition) is 4. The van der Waals surface area contributed by atoms with Crippen LogP contribution in [0.3, 0.4) is 0 Å². The van der Waals surface area contributed by atoms with Crippen molar-refractivity contribution in [3.05, 3.63) is 29.5 Å². The van der Waals surface area contributed by atoms with Gasteiger partial charge in [0.1, 0.15) is 23.0 Å². The lowest BCUT2D eigenvalue weighted by atomic mass is 10.0. The molecule has 9 heteroatoms. The molecule has 1 heterocycles. The van der Waals surface area contributed by atoms with Gasteiger partial charge in [0.15, 0.2) is 0 Å². The monoisotopic (exact) mass is 319 g/mol. The van der Waals surface area contributed by atoms with Gasteiger partial charge in [-0.05, 0) is 17.7 Å². The lowest BCUT2D eigenvalue weighted by Crippen LogP contribution is -2.10. The van der Waals surface area contributed by atoms with E-state index in [2.05, 4.69) is 15.3 Å². The zero-order chi connectivity index (χ0) is 17.0. The van der Waals surface area contributed by atoms with Crippen molar-refractivity contribution in [1.82, 2.24) is 9.97 Å². The number of nitrogens with one attached hydrogen (secondary N) is 1. The number of methoxy groups -OCH3 is 2. The highest BCUT2D eigenvalue weighted by molar-refractivity contribution is 5.88. The van der Waals surface area contributed by atoms with Crippen molar-refractivity contribution in [2.75, 3.05) is 31.0 Å². The molecule has 6 N–H and O–H groups in total. The van der Waals surface area contributed by atoms with Gasteiger partial charge in [-0.1, -0.05) is 0 Å². The molecule has 2 rings (SSSR count). The van der Waals surface area contributed by atoms with Crippen molar-refractivity contribution in [3.8, 4) is 11.5 Å². The van der Waals surface area contributed by atoms with Gasteiger partial charge in [-0.3, -0.25) is 5.32 Å². The maximum Gasteiger partial charge on any atom is 0.409 e. The number of nitrogens with zero attached hydrogens (tertiary/aromatic N) is 2. The van der Waals surface area contributed by atoms with Gasteiger partial charge >= 0.3 is 6.09 Å². The fourth-order valence-electron chi connectivity index (χ4n) is 2.09. The number of carboxylic acid groups (broad SMARTS) is 1. The number of aromatic nitrogens is 2. The summed E-state index contributed by atoms with van der Waals surface area (Å²) in [7, 11) is 2.87. The number of anilines is 3. The van der Waals surface area contributed by atoms with Crippen LogP contribution < -0.4 is 26.3 Å². The molecule has 0 spiro atoms. The lowest BCUT2D eigenvalue weighted by molar-refractivity contribution is 0.209. The second-order valence-corrected chi connectivity index (χ2v) is 4.62. The number of nitrogen functional groups attached to an aromatic ring is 2. The fourth-order valence-corrected chi connectivity index (χ4v) is 2.09. The quantitative estimate of drug-likeness (QED) is 0.645. The molecule has 122 valence electrons. The first kappa shape index (κ1) is 16.1. The lowest BCUT2D eigenvalue weighted by Gasteiger charge is -2.15. The highest BCUT2D eigenvalue weighted by Crippen LogP contribution is 2.36. The maximum atomic E-state index is 10.9. The molecule has 2 aromatic rings. The molecule has 0 aliphatic carbocycles. The van der Waals surface area contributed by atoms with Crippen molar-refractivity contribution in [1.29, 1.82) is 0 Å². The smallest absolute Gasteiger partial charge is 0.409 e. The second-order valence-electron chi connectivity index (χ2n) is 4.62. The molecule has 0 bridgehead atoms. The van der Waals surface area contributed by atoms with E-state index in [4.69, 9.17) is 26.0 Å². The summed E-state index contributed by atoms with van der Waals surface area (Å²) in [6.07, 6.45) is 0.734. The molecular weight excluding hydrogens is 302 g/mol. The zero-order valence-electron chi connectivity index (χ0n) is 12.7. The standard InChI is InChI=1S/C14H17N5O4/c1-22-9-4-7(3-8-6-17-13(16)19-12(8)15)5-10(23-2)11(9)18-14(20)21/h4-6,18H,3H2,1-2H3,(H,20,21)(H4,15,16,17,19). The van der Waals surface area contributed by atoms with Gasteiger partial charge < -0.3 is 26.0 Å². The highest BCUT2D eigenvalue weighted by Gasteiger charge is 2.16. The summed E-state index contributed by atoms with van der Waals surface area (Å²) in [4.78, 5) is 18.7. The van der Waals surface area contributed by atoms with E-state index in [1.807, 2.05) is 0 Å². The summed E-state index contributed by atoms with van der Waals surface area (Å²) in [5.41, 5.74) is 13.0. The Morgan fingerprint density at radius 1 is 1.26 bits per heavy atom. The Labute approximate surface area is 132 Å². The number of rotatable bonds is 5. The van der Waals surface area contributed by atoms with Crippen LogP contribution in [0.15, 0.2) is 18.3 Å². The van der Waals surface area contributed by atoms with E-state index < -0.39 is 6.09 Å². The molecule has 1 amide bonds. The molecule has 9 nitrogen and oxygen atoms in total. The molecular formula is C14H17N5O4. The summed E-state index contributed by atoms with van der Waals surface area (Å²) in [5, 5.41) is 11.2. The molecule has 1 aromatic heterocycles. The van der Waals surface area contributed by atoms with E-state index >= 15 is 0 Å². The molecule has 0 saturated heterocycles. The number of benzene rings is 1. The van der Waals surface area contributed by atoms with Gasteiger partial charge in [-0.25, -0.2) is 9.78 Å². The van der Waals surface area contributed by atoms with Crippen molar-refractivity contribution < 1.29 is 19.4 Å². The highest BCUT2D eigenvalue weighted by atomic mass is 16.5. The predicted octanol–water partition coefficient (Wildman–Crippen LogP) is 1.34. The molecule has 0 aliphatic heterocycles. The number of amides is 1. The molecule has 0 unspecified atom stereocenters. The van der Waals surface area contributed by atoms with Crippen LogP contribution in [0.25, 0.3) is 0 Å². The minimum Gasteiger partial charge on any atom is -0.494 e. The first-order valence-corrected chi connectivity index (χ1v) is 6.56. The van der Waals surface area contributed by atoms with Crippen molar-refractivity contribution in [2.24, 2.45) is 0 Å². The third kappa shape index (κ3) is 3.70. The summed E-state index contributed by atoms with van der Waals surface area (Å²) < 4.78 is 10.5. The van der Waals surface area contributed by atoms with Crippen LogP contribution in [0, 0.1) is 0 Å². The number of ether oxygens (including phenoxy) is 2. The Bertz CT molecular complexity index is 710. The van der Waals surface area contributed by atoms with Crippen molar-refractivity contribution in [3.63, 3.8) is 0 Å². The Morgan fingerprint density at radius 3 is 2.35 bits per heavy atom. The largest absolute Gasteiger partial charge is 0.494 e. The van der Waals surface area contributed by atoms with Gasteiger partial charge in [-0.2, -0.15) is 4.98 Å². The summed E-state index contributed by atoms with van der Waals surface area (Å²) in [6.45, 7) is 0. The SMILES string of the molecule is COc1cc(Cc2cnc(N)nc2N)cc(OC)c1NC(=O)O. The van der Waals surface area contributed by atoms with Crippen LogP contribution in [-0.2, 0) is 6.42 Å². The average Bonchev–Trinajstić information content (AvgIpc) is 2.50. The molecule has 1 aromatic carbocycles. The van der Waals surface area contributed by atoms with Crippen molar-refractivity contribution in [2.45, 2.75) is 6.42 Å². The molecule has 0 aliphatic rings. The van der Waals surface area contributed by atoms with Gasteiger partial charge in [-0.15, -0.1) is 0 Å². The van der Waals surface area contributed by atoms with Gasteiger partial charge in [0.05, 0.1) is 14.2 Å². The van der Waals surface area contributed by atoms with Gasteiger partial charge in [0.2, 0.25) is 5.95 Å². The Hall–Kier alpha value is -3.23. The first-order chi connectivity index (χ1) is 10.9. The van der Waals surface area contributed by atoms with Crippen molar-refractivity contribution >= 4 is 23.5 Å². The number of hydrogen-bond acceptors (Lipinski definition) is 7. The Balaban J connectivity index is 2.41. The van der Waals surface area contributed by atoms with E-state index in [-0.39, 0.29) is 17.5 Å². The molecule has 23 heavy (non-hydrogen) atoms. The normalized spacial score (nSPS) is 10.2. The minimum atomic E-state index is -1.22. The van der Waals surface area contributed by atoms with Crippen LogP contribution in [-0.4, -0.2) is 35.4 Å². The van der Waals surface area contributed by atoms with Crippen LogP contribution in [0.5, 0.6) is 11.5 Å².